The third kappa shape index (κ3) is 5.74. The van der Waals surface area contributed by atoms with E-state index in [1.165, 1.54) is 0 Å². The number of rotatable bonds is 1. The summed E-state index contributed by atoms with van der Waals surface area (Å²) >= 11 is 0. The summed E-state index contributed by atoms with van der Waals surface area (Å²) in [5, 5.41) is 0. The Bertz CT molecular complexity index is 179. The van der Waals surface area contributed by atoms with Crippen LogP contribution in [-0.2, 0) is 20.4 Å². The second-order valence-electron chi connectivity index (χ2n) is 2.14. The monoisotopic (exact) mass is 392 g/mol. The second kappa shape index (κ2) is 8.16. The first kappa shape index (κ1) is 15.0. The summed E-state index contributed by atoms with van der Waals surface area (Å²) in [6, 6.07) is 1.58. The molecule has 0 saturated heterocycles. The van der Waals surface area contributed by atoms with E-state index in [1.807, 2.05) is 13.8 Å². The van der Waals surface area contributed by atoms with Gasteiger partial charge in [-0.15, -0.1) is 5.82 Å². The Balaban J connectivity index is 0. The molecule has 4 heteroatoms. The quantitative estimate of drug-likeness (QED) is 0.528. The first-order valence-electron chi connectivity index (χ1n) is 2.92. The van der Waals surface area contributed by atoms with E-state index >= 15 is 0 Å². The molecule has 0 amide bonds. The Morgan fingerprint density at radius 2 is 1.73 bits per heavy atom. The van der Waals surface area contributed by atoms with Crippen LogP contribution in [0.4, 0.5) is 0 Å². The number of nitrogens with zero attached hydrogens (tertiary/aromatic N) is 2. The van der Waals surface area contributed by atoms with Crippen LogP contribution >= 0.6 is 0 Å². The zero-order chi connectivity index (χ0) is 6.69. The molecular weight excluding hydrogens is 384 g/mol. The zero-order valence-corrected chi connectivity index (χ0v) is 14.6. The zero-order valence-electron chi connectivity index (χ0n) is 6.93. The normalized spacial score (nSPS) is 8.27. The van der Waals surface area contributed by atoms with Gasteiger partial charge >= 0.3 is 58.2 Å². The summed E-state index contributed by atoms with van der Waals surface area (Å²) in [6.45, 7) is 4.08. The van der Waals surface area contributed by atoms with Gasteiger partial charge in [-0.1, -0.05) is 19.8 Å². The van der Waals surface area contributed by atoms with Crippen molar-refractivity contribution in [2.45, 2.75) is 19.8 Å². The summed E-state index contributed by atoms with van der Waals surface area (Å²) in [6.07, 6.45) is 5.35. The van der Waals surface area contributed by atoms with Crippen LogP contribution in [-0.4, -0.2) is 9.97 Å². The number of hydrogen-bond donors (Lipinski definition) is 0. The molecule has 1 rings (SSSR count). The van der Waals surface area contributed by atoms with Crippen molar-refractivity contribution in [3.05, 3.63) is 24.3 Å². The van der Waals surface area contributed by atoms with Gasteiger partial charge in [0.25, 0.3) is 0 Å². The molecule has 11 heavy (non-hydrogen) atoms. The smallest absolute Gasteiger partial charge is 0.509 e. The molecule has 0 N–H and O–H groups in total. The molecule has 0 unspecified atom stereocenters. The third-order valence-corrected chi connectivity index (χ3v) is 1.00. The van der Waals surface area contributed by atoms with Gasteiger partial charge in [0.05, 0.1) is 0 Å². The molecule has 1 radical (unpaired) electrons. The molecule has 0 saturated carbocycles. The number of aromatic nitrogens is 2. The van der Waals surface area contributed by atoms with E-state index in [1.54, 1.807) is 6.07 Å². The summed E-state index contributed by atoms with van der Waals surface area (Å²) in [5.74, 6) is 1.18. The molecule has 0 aliphatic rings. The molecule has 1 aromatic rings. The standard InChI is InChI=1S/C7H8N2.Rb.Re/c1-6(2)7-8-4-3-5-9-7;;/h3,6H,1-2H3;;/q-2;+1;. The van der Waals surface area contributed by atoms with E-state index in [0.29, 0.717) is 5.92 Å². The summed E-state index contributed by atoms with van der Waals surface area (Å²) in [7, 11) is 0. The topological polar surface area (TPSA) is 25.8 Å². The second-order valence-corrected chi connectivity index (χ2v) is 2.14. The average molecular weight is 392 g/mol. The molecule has 0 bridgehead atoms. The van der Waals surface area contributed by atoms with Crippen molar-refractivity contribution in [1.29, 1.82) is 0 Å². The fourth-order valence-electron chi connectivity index (χ4n) is 0.509. The van der Waals surface area contributed by atoms with Crippen molar-refractivity contribution < 1.29 is 78.6 Å². The van der Waals surface area contributed by atoms with Crippen LogP contribution in [0, 0.1) is 12.4 Å². The van der Waals surface area contributed by atoms with Crippen LogP contribution in [0.2, 0.25) is 0 Å². The molecule has 0 atom stereocenters. The van der Waals surface area contributed by atoms with Crippen LogP contribution in [0.5, 0.6) is 0 Å². The fraction of sp³-hybridized carbons (Fsp3) is 0.429. The Kier molecular flexibility index (Phi) is 11.2. The van der Waals surface area contributed by atoms with E-state index in [-0.39, 0.29) is 78.6 Å². The van der Waals surface area contributed by atoms with E-state index in [9.17, 15) is 0 Å². The van der Waals surface area contributed by atoms with Gasteiger partial charge < -0.3 is 9.97 Å². The molecule has 2 nitrogen and oxygen atoms in total. The van der Waals surface area contributed by atoms with Gasteiger partial charge in [0, 0.05) is 20.4 Å². The van der Waals surface area contributed by atoms with Gasteiger partial charge in [0.15, 0.2) is 0 Å². The average Bonchev–Trinajstić information content (AvgIpc) is 1.90. The molecule has 0 aliphatic heterocycles. The summed E-state index contributed by atoms with van der Waals surface area (Å²) in [5.41, 5.74) is 0. The first-order valence-corrected chi connectivity index (χ1v) is 2.92. The van der Waals surface area contributed by atoms with Gasteiger partial charge in [-0.2, -0.15) is 0 Å². The maximum absolute atomic E-state index is 3.91. The van der Waals surface area contributed by atoms with E-state index < -0.39 is 0 Å². The molecule has 55 valence electrons. The van der Waals surface area contributed by atoms with Gasteiger partial charge in [-0.3, -0.25) is 18.5 Å². The van der Waals surface area contributed by atoms with Crippen LogP contribution in [0.15, 0.2) is 6.07 Å². The summed E-state index contributed by atoms with van der Waals surface area (Å²) in [4.78, 5) is 7.82. The predicted molar refractivity (Wildman–Crippen MR) is 33.8 cm³/mol. The van der Waals surface area contributed by atoms with Crippen molar-refractivity contribution in [2.75, 3.05) is 0 Å². The van der Waals surface area contributed by atoms with E-state index in [0.717, 1.165) is 5.82 Å². The number of hydrogen-bond acceptors (Lipinski definition) is 2. The van der Waals surface area contributed by atoms with Gasteiger partial charge in [-0.25, -0.2) is 0 Å². The molecule has 0 fully saturated rings. The van der Waals surface area contributed by atoms with Gasteiger partial charge in [0.2, 0.25) is 0 Å². The minimum absolute atomic E-state index is 0. The molecule has 0 aliphatic carbocycles. The van der Waals surface area contributed by atoms with E-state index in [4.69, 9.17) is 0 Å². The Morgan fingerprint density at radius 1 is 1.27 bits per heavy atom. The van der Waals surface area contributed by atoms with Gasteiger partial charge in [-0.05, 0) is 0 Å². The fourth-order valence-corrected chi connectivity index (χ4v) is 0.509. The molecule has 0 spiro atoms. The molecule has 0 aromatic carbocycles. The predicted octanol–water partition coefficient (Wildman–Crippen LogP) is -1.80. The minimum atomic E-state index is 0. The van der Waals surface area contributed by atoms with Gasteiger partial charge in [0.1, 0.15) is 0 Å². The Morgan fingerprint density at radius 3 is 2.00 bits per heavy atom. The van der Waals surface area contributed by atoms with Crippen molar-refractivity contribution in [1.82, 2.24) is 9.97 Å². The van der Waals surface area contributed by atoms with Crippen molar-refractivity contribution in [3.63, 3.8) is 0 Å². The first-order chi connectivity index (χ1) is 4.30. The maximum atomic E-state index is 3.91. The van der Waals surface area contributed by atoms with Crippen LogP contribution in [0.1, 0.15) is 25.6 Å². The van der Waals surface area contributed by atoms with Crippen molar-refractivity contribution in [2.24, 2.45) is 0 Å². The Labute approximate surface area is 130 Å². The van der Waals surface area contributed by atoms with Crippen molar-refractivity contribution >= 4 is 0 Å². The SMILES string of the molecule is CC(C)c1n[c-]c[c-]n1.[Rb+].[Re]. The third-order valence-electron chi connectivity index (χ3n) is 1.00. The maximum Gasteiger partial charge on any atom is 1.00 e. The Hall–Kier alpha value is 1.55. The largest absolute Gasteiger partial charge is 1.00 e. The van der Waals surface area contributed by atoms with Crippen LogP contribution in [0.25, 0.3) is 0 Å². The molecule has 1 aromatic heterocycles. The van der Waals surface area contributed by atoms with E-state index in [2.05, 4.69) is 22.4 Å². The molecule has 1 heterocycles. The van der Waals surface area contributed by atoms with Crippen LogP contribution < -0.4 is 58.2 Å². The van der Waals surface area contributed by atoms with Crippen molar-refractivity contribution in [3.8, 4) is 0 Å². The summed E-state index contributed by atoms with van der Waals surface area (Å²) < 4.78 is 0. The minimum Gasteiger partial charge on any atom is -0.509 e. The molecular formula is C7H8N2RbRe-. The van der Waals surface area contributed by atoms with Crippen LogP contribution in [0.3, 0.4) is 0 Å².